The first-order valence-corrected chi connectivity index (χ1v) is 16.8. The minimum atomic E-state index is -3.06. The summed E-state index contributed by atoms with van der Waals surface area (Å²) in [6.45, 7) is 11.1. The number of carbonyl (C=O) groups excluding carboxylic acids is 1. The van der Waals surface area contributed by atoms with E-state index in [1.54, 1.807) is 0 Å². The molecule has 1 saturated heterocycles. The predicted molar refractivity (Wildman–Crippen MR) is 172 cm³/mol. The number of halogens is 3. The van der Waals surface area contributed by atoms with E-state index in [1.165, 1.54) is 12.1 Å². The van der Waals surface area contributed by atoms with Gasteiger partial charge in [-0.25, -0.2) is 13.2 Å². The van der Waals surface area contributed by atoms with E-state index in [9.17, 15) is 9.18 Å². The number of nitrogens with zero attached hydrogens (tertiary/aromatic N) is 1. The Labute approximate surface area is 258 Å². The van der Waals surface area contributed by atoms with Gasteiger partial charge in [0.05, 0.1) is 24.4 Å². The van der Waals surface area contributed by atoms with Crippen LogP contribution < -0.4 is 15.3 Å². The van der Waals surface area contributed by atoms with Crippen molar-refractivity contribution in [1.82, 2.24) is 0 Å². The molecule has 0 aliphatic carbocycles. The maximum atomic E-state index is 15.9. The van der Waals surface area contributed by atoms with Crippen LogP contribution in [-0.4, -0.2) is 39.9 Å². The molecule has 4 aromatic rings. The van der Waals surface area contributed by atoms with Crippen molar-refractivity contribution >= 4 is 30.7 Å². The lowest BCUT2D eigenvalue weighted by molar-refractivity contribution is -0.00520. The fourth-order valence-corrected chi connectivity index (χ4v) is 11.0. The third-order valence-electron chi connectivity index (χ3n) is 8.31. The van der Waals surface area contributed by atoms with E-state index in [0.29, 0.717) is 30.6 Å². The summed E-state index contributed by atoms with van der Waals surface area (Å²) in [5, 5.41) is 1.71. The Balaban J connectivity index is 1.70. The minimum absolute atomic E-state index is 0.0605. The molecule has 0 spiro atoms. The molecular formula is C36H38F3NO3Si. The summed E-state index contributed by atoms with van der Waals surface area (Å²) in [7, 11) is -3.06. The van der Waals surface area contributed by atoms with E-state index in [-0.39, 0.29) is 40.5 Å². The van der Waals surface area contributed by atoms with E-state index in [0.717, 1.165) is 22.5 Å². The molecule has 4 nitrogen and oxygen atoms in total. The molecule has 4 aromatic carbocycles. The molecule has 1 heterocycles. The average molecular weight is 618 g/mol. The lowest BCUT2D eigenvalue weighted by Gasteiger charge is -2.43. The van der Waals surface area contributed by atoms with Gasteiger partial charge in [-0.3, -0.25) is 4.79 Å². The highest BCUT2D eigenvalue weighted by molar-refractivity contribution is 6.99. The molecule has 0 unspecified atom stereocenters. The predicted octanol–water partition coefficient (Wildman–Crippen LogP) is 7.27. The van der Waals surface area contributed by atoms with Crippen LogP contribution in [0.4, 0.5) is 18.9 Å². The first-order chi connectivity index (χ1) is 21.0. The highest BCUT2D eigenvalue weighted by Gasteiger charge is 2.50. The number of rotatable bonds is 8. The number of anilines is 1. The molecule has 5 rings (SSSR count). The zero-order valence-electron chi connectivity index (χ0n) is 25.7. The van der Waals surface area contributed by atoms with Gasteiger partial charge in [-0.05, 0) is 64.7 Å². The molecule has 8 heteroatoms. The fraction of sp³-hybridized carbons (Fsp3) is 0.306. The van der Waals surface area contributed by atoms with Crippen molar-refractivity contribution < 1.29 is 27.1 Å². The van der Waals surface area contributed by atoms with Crippen LogP contribution in [0.15, 0.2) is 84.9 Å². The lowest BCUT2D eigenvalue weighted by atomic mass is 9.94. The van der Waals surface area contributed by atoms with E-state index in [1.807, 2.05) is 55.1 Å². The third-order valence-corrected chi connectivity index (χ3v) is 13.3. The van der Waals surface area contributed by atoms with E-state index in [4.69, 9.17) is 9.16 Å². The SMILES string of the molecule is C[C@@H]1CN(c2ccc(F)c(F)c2-c2cc(F)c(C=O)cc2CO[Si](c2ccccc2)(c2ccccc2)C(C)(C)C)C[C@H](C)O1. The summed E-state index contributed by atoms with van der Waals surface area (Å²) in [5.41, 5.74) is 0.716. The number of carbonyl (C=O) groups is 1. The average Bonchev–Trinajstić information content (AvgIpc) is 2.99. The summed E-state index contributed by atoms with van der Waals surface area (Å²) < 4.78 is 59.2. The molecule has 230 valence electrons. The van der Waals surface area contributed by atoms with E-state index >= 15 is 8.78 Å². The summed E-state index contributed by atoms with van der Waals surface area (Å²) in [6, 6.07) is 25.2. The van der Waals surface area contributed by atoms with Gasteiger partial charge in [0.25, 0.3) is 8.32 Å². The highest BCUT2D eigenvalue weighted by atomic mass is 28.4. The standard InChI is InChI=1S/C36H38F3NO3Si/c1-24-20-40(21-25(2)43-24)33-17-16-31(37)35(39)34(33)30-19-32(38)26(22-41)18-27(30)23-42-44(36(3,4)5,28-12-8-6-9-13-28)29-14-10-7-11-15-29/h6-19,22,24-25H,20-21,23H2,1-5H3/t24-,25+. The Kier molecular flexibility index (Phi) is 9.16. The molecular weight excluding hydrogens is 579 g/mol. The monoisotopic (exact) mass is 617 g/mol. The summed E-state index contributed by atoms with van der Waals surface area (Å²) >= 11 is 0. The Morgan fingerprint density at radius 1 is 0.864 bits per heavy atom. The van der Waals surface area contributed by atoms with Gasteiger partial charge in [0, 0.05) is 24.3 Å². The summed E-state index contributed by atoms with van der Waals surface area (Å²) in [4.78, 5) is 13.8. The lowest BCUT2D eigenvalue weighted by Crippen LogP contribution is -2.66. The van der Waals surface area contributed by atoms with Crippen molar-refractivity contribution in [3.05, 3.63) is 114 Å². The number of morpholine rings is 1. The molecule has 1 fully saturated rings. The maximum absolute atomic E-state index is 15.9. The van der Waals surface area contributed by atoms with Crippen LogP contribution in [0.1, 0.15) is 50.5 Å². The molecule has 0 bridgehead atoms. The summed E-state index contributed by atoms with van der Waals surface area (Å²) in [6.07, 6.45) is 0.137. The van der Waals surface area contributed by atoms with Crippen molar-refractivity contribution in [2.24, 2.45) is 0 Å². The first kappa shape index (κ1) is 31.7. The molecule has 1 aliphatic rings. The van der Waals surface area contributed by atoms with Gasteiger partial charge in [0.1, 0.15) is 5.82 Å². The van der Waals surface area contributed by atoms with Crippen LogP contribution in [-0.2, 0) is 15.8 Å². The van der Waals surface area contributed by atoms with Crippen molar-refractivity contribution in [2.75, 3.05) is 18.0 Å². The quantitative estimate of drug-likeness (QED) is 0.154. The topological polar surface area (TPSA) is 38.8 Å². The Bertz CT molecular complexity index is 1580. The second-order valence-electron chi connectivity index (χ2n) is 12.5. The maximum Gasteiger partial charge on any atom is 0.261 e. The zero-order valence-corrected chi connectivity index (χ0v) is 26.7. The van der Waals surface area contributed by atoms with E-state index < -0.39 is 25.8 Å². The van der Waals surface area contributed by atoms with Gasteiger partial charge in [0.15, 0.2) is 17.9 Å². The van der Waals surface area contributed by atoms with Crippen LogP contribution in [0.2, 0.25) is 5.04 Å². The van der Waals surface area contributed by atoms with Crippen LogP contribution in [0.25, 0.3) is 11.1 Å². The minimum Gasteiger partial charge on any atom is -0.403 e. The van der Waals surface area contributed by atoms with Gasteiger partial charge in [-0.15, -0.1) is 0 Å². The van der Waals surface area contributed by atoms with Crippen molar-refractivity contribution in [1.29, 1.82) is 0 Å². The van der Waals surface area contributed by atoms with Crippen LogP contribution in [0, 0.1) is 17.5 Å². The molecule has 0 aromatic heterocycles. The largest absolute Gasteiger partial charge is 0.403 e. The smallest absolute Gasteiger partial charge is 0.261 e. The number of hydrogen-bond donors (Lipinski definition) is 0. The zero-order chi connectivity index (χ0) is 31.6. The summed E-state index contributed by atoms with van der Waals surface area (Å²) in [5.74, 6) is -2.95. The van der Waals surface area contributed by atoms with Gasteiger partial charge >= 0.3 is 0 Å². The third kappa shape index (κ3) is 5.98. The molecule has 0 amide bonds. The first-order valence-electron chi connectivity index (χ1n) is 14.9. The molecule has 44 heavy (non-hydrogen) atoms. The normalized spacial score (nSPS) is 17.5. The van der Waals surface area contributed by atoms with Crippen LogP contribution in [0.5, 0.6) is 0 Å². The second kappa shape index (κ2) is 12.7. The van der Waals surface area contributed by atoms with Crippen molar-refractivity contribution in [2.45, 2.75) is 58.5 Å². The van der Waals surface area contributed by atoms with Gasteiger partial charge in [-0.2, -0.15) is 0 Å². The molecule has 2 atom stereocenters. The van der Waals surface area contributed by atoms with Gasteiger partial charge in [0.2, 0.25) is 0 Å². The van der Waals surface area contributed by atoms with Crippen LogP contribution >= 0.6 is 0 Å². The second-order valence-corrected chi connectivity index (χ2v) is 16.8. The van der Waals surface area contributed by atoms with Crippen molar-refractivity contribution in [3.63, 3.8) is 0 Å². The number of ether oxygens (including phenoxy) is 1. The number of aldehydes is 1. The fourth-order valence-electron chi connectivity index (χ4n) is 6.46. The molecule has 0 saturated carbocycles. The number of hydrogen-bond acceptors (Lipinski definition) is 4. The van der Waals surface area contributed by atoms with Gasteiger partial charge in [-0.1, -0.05) is 81.4 Å². The Morgan fingerprint density at radius 2 is 1.43 bits per heavy atom. The Hall–Kier alpha value is -3.72. The van der Waals surface area contributed by atoms with Gasteiger partial charge < -0.3 is 14.1 Å². The highest BCUT2D eigenvalue weighted by Crippen LogP contribution is 2.41. The van der Waals surface area contributed by atoms with E-state index in [2.05, 4.69) is 45.0 Å². The molecule has 0 N–H and O–H groups in total. The van der Waals surface area contributed by atoms with Crippen molar-refractivity contribution in [3.8, 4) is 11.1 Å². The molecule has 0 radical (unpaired) electrons. The number of benzene rings is 4. The molecule has 1 aliphatic heterocycles. The van der Waals surface area contributed by atoms with Crippen LogP contribution in [0.3, 0.4) is 0 Å². The Morgan fingerprint density at radius 3 is 1.95 bits per heavy atom.